The average Bonchev–Trinajstić information content (AvgIpc) is 3.26. The first kappa shape index (κ1) is 22.1. The van der Waals surface area contributed by atoms with E-state index in [0.717, 1.165) is 29.5 Å². The van der Waals surface area contributed by atoms with Crippen molar-refractivity contribution in [1.82, 2.24) is 9.62 Å². The number of nitrogens with zero attached hydrogens (tertiary/aromatic N) is 1. The van der Waals surface area contributed by atoms with E-state index in [9.17, 15) is 13.2 Å². The molecule has 0 aromatic heterocycles. The molecule has 3 rings (SSSR count). The molecule has 0 bridgehead atoms. The molecule has 152 valence electrons. The minimum absolute atomic E-state index is 0. The van der Waals surface area contributed by atoms with Gasteiger partial charge in [0.25, 0.3) is 0 Å². The summed E-state index contributed by atoms with van der Waals surface area (Å²) in [4.78, 5) is 13.0. The van der Waals surface area contributed by atoms with Gasteiger partial charge in [-0.1, -0.05) is 17.7 Å². The molecule has 27 heavy (non-hydrogen) atoms. The summed E-state index contributed by atoms with van der Waals surface area (Å²) >= 11 is 0. The normalized spacial score (nSPS) is 21.6. The summed E-state index contributed by atoms with van der Waals surface area (Å²) in [6.45, 7) is 6.36. The topological polar surface area (TPSA) is 92.5 Å². The summed E-state index contributed by atoms with van der Waals surface area (Å²) in [5.74, 6) is 0.265. The smallest absolute Gasteiger partial charge is 0.244 e. The Bertz CT molecular complexity index is 785. The van der Waals surface area contributed by atoms with E-state index in [0.29, 0.717) is 36.7 Å². The fraction of sp³-hybridized carbons (Fsp3) is 0.632. The second-order valence-corrected chi connectivity index (χ2v) is 9.58. The Kier molecular flexibility index (Phi) is 6.95. The van der Waals surface area contributed by atoms with Gasteiger partial charge in [0.2, 0.25) is 15.9 Å². The molecule has 8 heteroatoms. The van der Waals surface area contributed by atoms with Crippen molar-refractivity contribution in [2.75, 3.05) is 13.1 Å². The number of carbonyl (C=O) groups excluding carboxylic acids is 1. The lowest BCUT2D eigenvalue weighted by atomic mass is 10.1. The third-order valence-corrected chi connectivity index (χ3v) is 7.63. The lowest BCUT2D eigenvalue weighted by Crippen LogP contribution is -2.49. The van der Waals surface area contributed by atoms with Crippen LogP contribution in [0.25, 0.3) is 0 Å². The van der Waals surface area contributed by atoms with Gasteiger partial charge in [0.15, 0.2) is 0 Å². The second kappa shape index (κ2) is 8.47. The fourth-order valence-electron chi connectivity index (χ4n) is 4.01. The van der Waals surface area contributed by atoms with Crippen LogP contribution in [0.3, 0.4) is 0 Å². The molecule has 1 aliphatic heterocycles. The quantitative estimate of drug-likeness (QED) is 0.743. The Labute approximate surface area is 168 Å². The number of carbonyl (C=O) groups is 1. The van der Waals surface area contributed by atoms with E-state index >= 15 is 0 Å². The maximum absolute atomic E-state index is 13.3. The molecule has 1 saturated heterocycles. The monoisotopic (exact) mass is 415 g/mol. The number of amides is 1. The van der Waals surface area contributed by atoms with Crippen molar-refractivity contribution < 1.29 is 13.2 Å². The van der Waals surface area contributed by atoms with Gasteiger partial charge < -0.3 is 11.1 Å². The molecular formula is C19H30ClN3O3S. The van der Waals surface area contributed by atoms with Crippen molar-refractivity contribution in [3.8, 4) is 0 Å². The van der Waals surface area contributed by atoms with E-state index in [-0.39, 0.29) is 24.4 Å². The van der Waals surface area contributed by atoms with E-state index in [4.69, 9.17) is 5.73 Å². The van der Waals surface area contributed by atoms with Gasteiger partial charge in [0.05, 0.1) is 4.90 Å². The van der Waals surface area contributed by atoms with Crippen LogP contribution in [-0.2, 0) is 14.8 Å². The number of nitrogens with one attached hydrogen (secondary N) is 1. The van der Waals surface area contributed by atoms with Crippen molar-refractivity contribution in [3.05, 3.63) is 28.8 Å². The van der Waals surface area contributed by atoms with Crippen molar-refractivity contribution in [2.45, 2.75) is 63.4 Å². The Morgan fingerprint density at radius 1 is 1.22 bits per heavy atom. The highest BCUT2D eigenvalue weighted by Gasteiger charge is 2.41. The summed E-state index contributed by atoms with van der Waals surface area (Å²) in [5.41, 5.74) is 8.53. The number of aryl methyl sites for hydroxylation is 3. The zero-order chi connectivity index (χ0) is 19.1. The van der Waals surface area contributed by atoms with Gasteiger partial charge in [-0.05, 0) is 63.5 Å². The predicted molar refractivity (Wildman–Crippen MR) is 109 cm³/mol. The molecular weight excluding hydrogens is 386 g/mol. The van der Waals surface area contributed by atoms with Gasteiger partial charge in [-0.3, -0.25) is 4.79 Å². The van der Waals surface area contributed by atoms with Crippen molar-refractivity contribution >= 4 is 28.3 Å². The SMILES string of the molecule is Cc1cc(C)c(S(=O)(=O)N2CCCC2C(=O)NCC(N)C2CC2)c(C)c1.Cl. The zero-order valence-electron chi connectivity index (χ0n) is 16.2. The van der Waals surface area contributed by atoms with Crippen LogP contribution in [0.4, 0.5) is 0 Å². The van der Waals surface area contributed by atoms with E-state index in [2.05, 4.69) is 5.32 Å². The zero-order valence-corrected chi connectivity index (χ0v) is 17.8. The summed E-state index contributed by atoms with van der Waals surface area (Å²) in [6.07, 6.45) is 3.48. The van der Waals surface area contributed by atoms with Crippen LogP contribution in [-0.4, -0.2) is 43.8 Å². The van der Waals surface area contributed by atoms with Crippen LogP contribution in [0, 0.1) is 26.7 Å². The van der Waals surface area contributed by atoms with E-state index in [1.54, 1.807) is 0 Å². The lowest BCUT2D eigenvalue weighted by Gasteiger charge is -2.25. The first-order valence-corrected chi connectivity index (χ1v) is 10.8. The number of rotatable bonds is 6. The van der Waals surface area contributed by atoms with Gasteiger partial charge in [0.1, 0.15) is 6.04 Å². The minimum atomic E-state index is -3.71. The van der Waals surface area contributed by atoms with Gasteiger partial charge >= 0.3 is 0 Å². The van der Waals surface area contributed by atoms with Crippen LogP contribution >= 0.6 is 12.4 Å². The molecule has 1 aromatic rings. The van der Waals surface area contributed by atoms with Gasteiger partial charge in [0, 0.05) is 19.1 Å². The van der Waals surface area contributed by atoms with Gasteiger partial charge in [-0.25, -0.2) is 8.42 Å². The van der Waals surface area contributed by atoms with Crippen LogP contribution in [0.15, 0.2) is 17.0 Å². The number of benzene rings is 1. The number of halogens is 1. The van der Waals surface area contributed by atoms with E-state index < -0.39 is 16.1 Å². The third-order valence-electron chi connectivity index (χ3n) is 5.42. The molecule has 0 radical (unpaired) electrons. The second-order valence-electron chi connectivity index (χ2n) is 7.75. The van der Waals surface area contributed by atoms with Gasteiger partial charge in [-0.15, -0.1) is 12.4 Å². The third kappa shape index (κ3) is 4.65. The van der Waals surface area contributed by atoms with Crippen molar-refractivity contribution in [3.63, 3.8) is 0 Å². The lowest BCUT2D eigenvalue weighted by molar-refractivity contribution is -0.124. The van der Waals surface area contributed by atoms with Gasteiger partial charge in [-0.2, -0.15) is 4.31 Å². The Morgan fingerprint density at radius 2 is 1.81 bits per heavy atom. The number of nitrogens with two attached hydrogens (primary N) is 1. The van der Waals surface area contributed by atoms with Crippen LogP contribution in [0.5, 0.6) is 0 Å². The standard InChI is InChI=1S/C19H29N3O3S.ClH/c1-12-9-13(2)18(14(3)10-12)26(24,25)22-8-4-5-17(22)19(23)21-11-16(20)15-6-7-15;/h9-10,15-17H,4-8,11,20H2,1-3H3,(H,21,23);1H. The molecule has 1 amide bonds. The molecule has 1 heterocycles. The molecule has 6 nitrogen and oxygen atoms in total. The molecule has 1 aliphatic carbocycles. The maximum atomic E-state index is 13.3. The van der Waals surface area contributed by atoms with E-state index in [1.807, 2.05) is 32.9 Å². The van der Waals surface area contributed by atoms with E-state index in [1.165, 1.54) is 4.31 Å². The molecule has 2 fully saturated rings. The minimum Gasteiger partial charge on any atom is -0.353 e. The molecule has 1 saturated carbocycles. The predicted octanol–water partition coefficient (Wildman–Crippen LogP) is 2.04. The summed E-state index contributed by atoms with van der Waals surface area (Å²) in [5, 5.41) is 2.87. The summed E-state index contributed by atoms with van der Waals surface area (Å²) in [7, 11) is -3.71. The largest absolute Gasteiger partial charge is 0.353 e. The van der Waals surface area contributed by atoms with Crippen molar-refractivity contribution in [1.29, 1.82) is 0 Å². The number of sulfonamides is 1. The molecule has 2 atom stereocenters. The van der Waals surface area contributed by atoms with Crippen LogP contribution in [0.1, 0.15) is 42.4 Å². The molecule has 2 unspecified atom stereocenters. The molecule has 3 N–H and O–H groups in total. The van der Waals surface area contributed by atoms with Crippen LogP contribution in [0.2, 0.25) is 0 Å². The van der Waals surface area contributed by atoms with Crippen LogP contribution < -0.4 is 11.1 Å². The summed E-state index contributed by atoms with van der Waals surface area (Å²) < 4.78 is 27.9. The highest BCUT2D eigenvalue weighted by atomic mass is 35.5. The van der Waals surface area contributed by atoms with Crippen molar-refractivity contribution in [2.24, 2.45) is 11.7 Å². The molecule has 1 aromatic carbocycles. The summed E-state index contributed by atoms with van der Waals surface area (Å²) in [6, 6.07) is 3.07. The average molecular weight is 416 g/mol. The Hall–Kier alpha value is -1.15. The number of hydrogen-bond donors (Lipinski definition) is 2. The first-order valence-electron chi connectivity index (χ1n) is 9.35. The maximum Gasteiger partial charge on any atom is 0.244 e. The molecule has 0 spiro atoms. The highest BCUT2D eigenvalue weighted by molar-refractivity contribution is 7.89. The number of hydrogen-bond acceptors (Lipinski definition) is 4. The first-order chi connectivity index (χ1) is 12.2. The Balaban J connectivity index is 0.00000261. The fourth-order valence-corrected chi connectivity index (χ4v) is 6.08. The molecule has 2 aliphatic rings. The Morgan fingerprint density at radius 3 is 2.37 bits per heavy atom. The highest BCUT2D eigenvalue weighted by Crippen LogP contribution is 2.32.